The van der Waals surface area contributed by atoms with Gasteiger partial charge in [0.25, 0.3) is 0 Å². The van der Waals surface area contributed by atoms with Gasteiger partial charge in [-0.3, -0.25) is 0 Å². The average Bonchev–Trinajstić information content (AvgIpc) is 2.35. The van der Waals surface area contributed by atoms with Crippen LogP contribution in [-0.4, -0.2) is 16.8 Å². The van der Waals surface area contributed by atoms with Crippen molar-refractivity contribution < 1.29 is 9.90 Å². The SMILES string of the molecule is CCCCCCCSc1ccc(Cl)c(C(=O)O)c1. The van der Waals surface area contributed by atoms with Gasteiger partial charge < -0.3 is 5.11 Å². The minimum absolute atomic E-state index is 0.188. The van der Waals surface area contributed by atoms with Gasteiger partial charge in [-0.1, -0.05) is 44.2 Å². The molecule has 100 valence electrons. The molecule has 0 saturated heterocycles. The lowest BCUT2D eigenvalue weighted by Gasteiger charge is -2.04. The molecule has 4 heteroatoms. The molecule has 0 radical (unpaired) electrons. The number of aromatic carboxylic acids is 1. The van der Waals surface area contributed by atoms with Crippen LogP contribution < -0.4 is 0 Å². The summed E-state index contributed by atoms with van der Waals surface area (Å²) in [5.74, 6) is 0.0649. The van der Waals surface area contributed by atoms with E-state index in [2.05, 4.69) is 6.92 Å². The van der Waals surface area contributed by atoms with E-state index in [1.54, 1.807) is 23.9 Å². The highest BCUT2D eigenvalue weighted by molar-refractivity contribution is 7.99. The molecular formula is C14H19ClO2S. The van der Waals surface area contributed by atoms with Gasteiger partial charge in [0.05, 0.1) is 10.6 Å². The molecule has 0 saturated carbocycles. The lowest BCUT2D eigenvalue weighted by molar-refractivity contribution is 0.0697. The summed E-state index contributed by atoms with van der Waals surface area (Å²) in [5, 5.41) is 9.27. The van der Waals surface area contributed by atoms with Gasteiger partial charge in [-0.15, -0.1) is 11.8 Å². The number of thioether (sulfide) groups is 1. The summed E-state index contributed by atoms with van der Waals surface area (Å²) in [6, 6.07) is 5.19. The number of halogens is 1. The zero-order valence-corrected chi connectivity index (χ0v) is 12.2. The van der Waals surface area contributed by atoms with Crippen LogP contribution in [0.15, 0.2) is 23.1 Å². The molecule has 0 aliphatic carbocycles. The number of rotatable bonds is 8. The summed E-state index contributed by atoms with van der Waals surface area (Å²) < 4.78 is 0. The normalized spacial score (nSPS) is 10.6. The van der Waals surface area contributed by atoms with Gasteiger partial charge in [0, 0.05) is 4.90 Å². The molecule has 1 N–H and O–H groups in total. The fourth-order valence-corrected chi connectivity index (χ4v) is 2.80. The zero-order chi connectivity index (χ0) is 13.4. The third-order valence-corrected chi connectivity index (χ3v) is 4.09. The summed E-state index contributed by atoms with van der Waals surface area (Å²) in [5.41, 5.74) is 0.188. The van der Waals surface area contributed by atoms with E-state index in [1.165, 1.54) is 32.1 Å². The maximum atomic E-state index is 10.9. The molecule has 0 aliphatic heterocycles. The molecule has 0 atom stereocenters. The molecule has 0 bridgehead atoms. The van der Waals surface area contributed by atoms with Crippen LogP contribution in [0.4, 0.5) is 0 Å². The summed E-state index contributed by atoms with van der Waals surface area (Å²) >= 11 is 7.52. The Bertz CT molecular complexity index is 393. The van der Waals surface area contributed by atoms with Crippen molar-refractivity contribution in [2.24, 2.45) is 0 Å². The van der Waals surface area contributed by atoms with E-state index >= 15 is 0 Å². The molecule has 0 aliphatic rings. The third-order valence-electron chi connectivity index (χ3n) is 2.68. The molecular weight excluding hydrogens is 268 g/mol. The van der Waals surface area contributed by atoms with Crippen LogP contribution in [-0.2, 0) is 0 Å². The molecule has 1 aromatic carbocycles. The zero-order valence-electron chi connectivity index (χ0n) is 10.6. The second kappa shape index (κ2) is 8.44. The summed E-state index contributed by atoms with van der Waals surface area (Å²) in [4.78, 5) is 11.9. The highest BCUT2D eigenvalue weighted by Crippen LogP contribution is 2.25. The molecule has 0 heterocycles. The van der Waals surface area contributed by atoms with Crippen molar-refractivity contribution in [3.8, 4) is 0 Å². The molecule has 0 unspecified atom stereocenters. The first-order chi connectivity index (χ1) is 8.65. The Kier molecular flexibility index (Phi) is 7.21. The van der Waals surface area contributed by atoms with Crippen molar-refractivity contribution in [1.82, 2.24) is 0 Å². The Hall–Kier alpha value is -0.670. The fraction of sp³-hybridized carbons (Fsp3) is 0.500. The lowest BCUT2D eigenvalue weighted by Crippen LogP contribution is -1.97. The van der Waals surface area contributed by atoms with Crippen molar-refractivity contribution in [3.05, 3.63) is 28.8 Å². The number of hydrogen-bond donors (Lipinski definition) is 1. The minimum atomic E-state index is -0.967. The van der Waals surface area contributed by atoms with Gasteiger partial charge in [-0.05, 0) is 30.4 Å². The average molecular weight is 287 g/mol. The highest BCUT2D eigenvalue weighted by Gasteiger charge is 2.09. The lowest BCUT2D eigenvalue weighted by atomic mass is 10.2. The van der Waals surface area contributed by atoms with Gasteiger partial charge in [0.2, 0.25) is 0 Å². The Morgan fingerprint density at radius 1 is 1.28 bits per heavy atom. The second-order valence-corrected chi connectivity index (χ2v) is 5.79. The summed E-state index contributed by atoms with van der Waals surface area (Å²) in [6.45, 7) is 2.20. The van der Waals surface area contributed by atoms with Gasteiger partial charge in [-0.25, -0.2) is 4.79 Å². The predicted molar refractivity (Wildman–Crippen MR) is 77.9 cm³/mol. The van der Waals surface area contributed by atoms with Crippen molar-refractivity contribution in [3.63, 3.8) is 0 Å². The number of carboxylic acid groups (broad SMARTS) is 1. The van der Waals surface area contributed by atoms with Crippen LogP contribution in [0.25, 0.3) is 0 Å². The summed E-state index contributed by atoms with van der Waals surface area (Å²) in [7, 11) is 0. The summed E-state index contributed by atoms with van der Waals surface area (Å²) in [6.07, 6.45) is 6.27. The number of hydrogen-bond acceptors (Lipinski definition) is 2. The van der Waals surface area contributed by atoms with E-state index in [9.17, 15) is 4.79 Å². The van der Waals surface area contributed by atoms with Gasteiger partial charge >= 0.3 is 5.97 Å². The van der Waals surface area contributed by atoms with Gasteiger partial charge in [0.1, 0.15) is 0 Å². The van der Waals surface area contributed by atoms with E-state index in [0.29, 0.717) is 5.02 Å². The van der Waals surface area contributed by atoms with Crippen molar-refractivity contribution in [1.29, 1.82) is 0 Å². The van der Waals surface area contributed by atoms with Crippen LogP contribution >= 0.6 is 23.4 Å². The fourth-order valence-electron chi connectivity index (χ4n) is 1.65. The van der Waals surface area contributed by atoms with Gasteiger partial charge in [0.15, 0.2) is 0 Å². The van der Waals surface area contributed by atoms with Crippen molar-refractivity contribution in [2.45, 2.75) is 43.9 Å². The first-order valence-electron chi connectivity index (χ1n) is 6.30. The monoisotopic (exact) mass is 286 g/mol. The Morgan fingerprint density at radius 3 is 2.67 bits per heavy atom. The highest BCUT2D eigenvalue weighted by atomic mass is 35.5. The van der Waals surface area contributed by atoms with Crippen LogP contribution in [0.2, 0.25) is 5.02 Å². The first kappa shape index (κ1) is 15.4. The Labute approximate surface area is 118 Å². The maximum absolute atomic E-state index is 10.9. The van der Waals surface area contributed by atoms with Crippen LogP contribution in [0, 0.1) is 0 Å². The number of unbranched alkanes of at least 4 members (excludes halogenated alkanes) is 4. The first-order valence-corrected chi connectivity index (χ1v) is 7.67. The standard InChI is InChI=1S/C14H19ClO2S/c1-2-3-4-5-6-9-18-11-7-8-13(15)12(10-11)14(16)17/h7-8,10H,2-6,9H2,1H3,(H,16,17). The Balaban J connectivity index is 2.38. The molecule has 0 amide bonds. The predicted octanol–water partition coefficient (Wildman–Crippen LogP) is 5.10. The van der Waals surface area contributed by atoms with Crippen LogP contribution in [0.5, 0.6) is 0 Å². The maximum Gasteiger partial charge on any atom is 0.337 e. The molecule has 0 fully saturated rings. The van der Waals surface area contributed by atoms with E-state index in [0.717, 1.165) is 10.6 Å². The number of carboxylic acids is 1. The topological polar surface area (TPSA) is 37.3 Å². The van der Waals surface area contributed by atoms with E-state index in [-0.39, 0.29) is 5.56 Å². The van der Waals surface area contributed by atoms with E-state index in [1.807, 2.05) is 6.07 Å². The number of carbonyl (C=O) groups is 1. The van der Waals surface area contributed by atoms with E-state index < -0.39 is 5.97 Å². The molecule has 1 rings (SSSR count). The molecule has 0 aromatic heterocycles. The Morgan fingerprint density at radius 2 is 2.00 bits per heavy atom. The quantitative estimate of drug-likeness (QED) is 0.533. The largest absolute Gasteiger partial charge is 0.478 e. The second-order valence-electron chi connectivity index (χ2n) is 4.21. The van der Waals surface area contributed by atoms with Crippen LogP contribution in [0.1, 0.15) is 49.4 Å². The van der Waals surface area contributed by atoms with Crippen molar-refractivity contribution >= 4 is 29.3 Å². The van der Waals surface area contributed by atoms with Crippen LogP contribution in [0.3, 0.4) is 0 Å². The molecule has 1 aromatic rings. The van der Waals surface area contributed by atoms with E-state index in [4.69, 9.17) is 16.7 Å². The molecule has 2 nitrogen and oxygen atoms in total. The minimum Gasteiger partial charge on any atom is -0.478 e. The smallest absolute Gasteiger partial charge is 0.337 e. The van der Waals surface area contributed by atoms with Gasteiger partial charge in [-0.2, -0.15) is 0 Å². The third kappa shape index (κ3) is 5.32. The molecule has 0 spiro atoms. The number of benzene rings is 1. The molecule has 18 heavy (non-hydrogen) atoms. The van der Waals surface area contributed by atoms with Crippen molar-refractivity contribution in [2.75, 3.05) is 5.75 Å².